The summed E-state index contributed by atoms with van der Waals surface area (Å²) >= 11 is 1.97. The van der Waals surface area contributed by atoms with Crippen molar-refractivity contribution in [1.82, 2.24) is 4.57 Å². The van der Waals surface area contributed by atoms with E-state index in [0.717, 1.165) is 7.28 Å². The first-order valence-electron chi connectivity index (χ1n) is 22.5. The van der Waals surface area contributed by atoms with Gasteiger partial charge in [0.25, 0.3) is 0 Å². The van der Waals surface area contributed by atoms with E-state index in [2.05, 4.69) is 192 Å². The van der Waals surface area contributed by atoms with Crippen LogP contribution in [0.2, 0.25) is 0 Å². The zero-order valence-electron chi connectivity index (χ0n) is 36.7. The van der Waals surface area contributed by atoms with Gasteiger partial charge in [-0.3, -0.25) is 0 Å². The predicted octanol–water partition coefficient (Wildman–Crippen LogP) is 14.4. The molecule has 0 saturated carbocycles. The van der Waals surface area contributed by atoms with Crippen LogP contribution in [0.4, 0.5) is 11.4 Å². The molecule has 4 heteroatoms. The number of nitrogens with zero attached hydrogens (tertiary/aromatic N) is 1. The highest BCUT2D eigenvalue weighted by Gasteiger charge is 2.41. The van der Waals surface area contributed by atoms with E-state index in [9.17, 15) is 0 Å². The summed E-state index contributed by atoms with van der Waals surface area (Å²) in [5.74, 6) is 0. The molecule has 0 atom stereocenters. The van der Waals surface area contributed by atoms with Crippen LogP contribution in [0, 0.1) is 6.92 Å². The normalized spacial score (nSPS) is 16.4. The number of rotatable bonds is 3. The van der Waals surface area contributed by atoms with E-state index in [1.165, 1.54) is 144 Å². The molecular formula is C58H49BN2S. The maximum Gasteiger partial charge on any atom is 0.198 e. The molecule has 8 aromatic carbocycles. The summed E-state index contributed by atoms with van der Waals surface area (Å²) in [4.78, 5) is 0. The largest absolute Gasteiger partial charge is 0.355 e. The summed E-state index contributed by atoms with van der Waals surface area (Å²) in [5, 5.41) is 12.2. The van der Waals surface area contributed by atoms with Crippen molar-refractivity contribution >= 4 is 93.7 Å². The number of para-hydroxylation sites is 1. The van der Waals surface area contributed by atoms with Gasteiger partial charge in [-0.25, -0.2) is 0 Å². The molecular weight excluding hydrogens is 768 g/mol. The number of anilines is 2. The molecule has 1 aliphatic heterocycles. The minimum Gasteiger partial charge on any atom is -0.355 e. The monoisotopic (exact) mass is 816 g/mol. The quantitative estimate of drug-likeness (QED) is 0.176. The molecule has 3 heterocycles. The smallest absolute Gasteiger partial charge is 0.198 e. The standard InChI is InChI=1S/C58H49BN2S/c1-32-29-41-42(57(4,5)28-27-56(41,2)3)31-45(32)60-44-25-24-37-35-17-10-12-20-40(35)58(6,7)52(37)50(44)51-53-47(30-39-36-18-11-13-22-48(36)62-55(39)51)61-46-26-23-33-15-8-9-16-34(33)49(46)38-19-14-21-43(59-53)54(38)61/h8-26,29-31,59-60H,27-28H2,1-7H3. The molecule has 10 aromatic rings. The topological polar surface area (TPSA) is 17.0 Å². The van der Waals surface area contributed by atoms with Crippen molar-refractivity contribution in [2.24, 2.45) is 0 Å². The summed E-state index contributed by atoms with van der Waals surface area (Å²) < 4.78 is 5.33. The van der Waals surface area contributed by atoms with Gasteiger partial charge in [0, 0.05) is 64.5 Å². The molecule has 0 fully saturated rings. The van der Waals surface area contributed by atoms with Crippen LogP contribution in [-0.2, 0) is 16.2 Å². The van der Waals surface area contributed by atoms with Gasteiger partial charge in [-0.1, -0.05) is 150 Å². The second-order valence-electron chi connectivity index (χ2n) is 20.4. The Morgan fingerprint density at radius 1 is 0.597 bits per heavy atom. The molecule has 62 heavy (non-hydrogen) atoms. The third-order valence-corrected chi connectivity index (χ3v) is 16.8. The Hall–Kier alpha value is -6.10. The van der Waals surface area contributed by atoms with Gasteiger partial charge in [0.1, 0.15) is 0 Å². The van der Waals surface area contributed by atoms with E-state index < -0.39 is 0 Å². The van der Waals surface area contributed by atoms with Crippen molar-refractivity contribution in [3.63, 3.8) is 0 Å². The number of benzene rings is 8. The lowest BCUT2D eigenvalue weighted by atomic mass is 9.58. The summed E-state index contributed by atoms with van der Waals surface area (Å²) in [5.41, 5.74) is 21.6. The molecule has 1 N–H and O–H groups in total. The molecule has 2 aromatic heterocycles. The zero-order valence-corrected chi connectivity index (χ0v) is 37.5. The number of hydrogen-bond donors (Lipinski definition) is 1. The Morgan fingerprint density at radius 3 is 2.16 bits per heavy atom. The second kappa shape index (κ2) is 12.3. The number of nitrogens with one attached hydrogen (secondary N) is 1. The van der Waals surface area contributed by atoms with Crippen molar-refractivity contribution in [2.75, 3.05) is 5.32 Å². The van der Waals surface area contributed by atoms with Gasteiger partial charge in [-0.15, -0.1) is 11.3 Å². The lowest BCUT2D eigenvalue weighted by molar-refractivity contribution is 0.332. The first kappa shape index (κ1) is 36.5. The minimum absolute atomic E-state index is 0.102. The molecule has 3 aliphatic rings. The Labute approximate surface area is 368 Å². The summed E-state index contributed by atoms with van der Waals surface area (Å²) in [6, 6.07) is 51.3. The van der Waals surface area contributed by atoms with E-state index in [0.29, 0.717) is 0 Å². The average Bonchev–Trinajstić information content (AvgIpc) is 3.89. The van der Waals surface area contributed by atoms with E-state index in [1.807, 2.05) is 11.3 Å². The molecule has 0 bridgehead atoms. The highest BCUT2D eigenvalue weighted by Crippen LogP contribution is 2.57. The average molecular weight is 817 g/mol. The van der Waals surface area contributed by atoms with E-state index in [1.54, 1.807) is 0 Å². The lowest BCUT2D eigenvalue weighted by Gasteiger charge is -2.42. The van der Waals surface area contributed by atoms with Crippen molar-refractivity contribution in [2.45, 2.75) is 77.6 Å². The van der Waals surface area contributed by atoms with Crippen LogP contribution in [0.3, 0.4) is 0 Å². The lowest BCUT2D eigenvalue weighted by Crippen LogP contribution is -2.37. The van der Waals surface area contributed by atoms with Crippen LogP contribution in [0.25, 0.3) is 80.7 Å². The summed E-state index contributed by atoms with van der Waals surface area (Å²) in [6.45, 7) is 17.0. The molecule has 13 rings (SSSR count). The number of thiophene rings is 1. The highest BCUT2D eigenvalue weighted by molar-refractivity contribution is 7.26. The van der Waals surface area contributed by atoms with E-state index in [-0.39, 0.29) is 16.2 Å². The van der Waals surface area contributed by atoms with Crippen molar-refractivity contribution in [3.05, 3.63) is 161 Å². The number of hydrogen-bond acceptors (Lipinski definition) is 2. The zero-order chi connectivity index (χ0) is 42.0. The Kier molecular flexibility index (Phi) is 7.25. The molecule has 300 valence electrons. The summed E-state index contributed by atoms with van der Waals surface area (Å²) in [6.07, 6.45) is 2.39. The van der Waals surface area contributed by atoms with Gasteiger partial charge in [0.15, 0.2) is 7.28 Å². The number of aryl methyl sites for hydroxylation is 1. The van der Waals surface area contributed by atoms with Crippen molar-refractivity contribution < 1.29 is 0 Å². The third-order valence-electron chi connectivity index (χ3n) is 15.6. The van der Waals surface area contributed by atoms with E-state index >= 15 is 0 Å². The molecule has 0 unspecified atom stereocenters. The van der Waals surface area contributed by atoms with Crippen LogP contribution >= 0.6 is 11.3 Å². The maximum absolute atomic E-state index is 4.24. The van der Waals surface area contributed by atoms with Crippen molar-refractivity contribution in [1.29, 1.82) is 0 Å². The van der Waals surface area contributed by atoms with Gasteiger partial charge in [0.05, 0.1) is 5.52 Å². The van der Waals surface area contributed by atoms with Crippen molar-refractivity contribution in [3.8, 4) is 27.9 Å². The molecule has 0 radical (unpaired) electrons. The number of fused-ring (bicyclic) bond motifs is 14. The van der Waals surface area contributed by atoms with Crippen LogP contribution < -0.4 is 16.2 Å². The minimum atomic E-state index is -0.236. The first-order chi connectivity index (χ1) is 29.9. The predicted molar refractivity (Wildman–Crippen MR) is 270 cm³/mol. The van der Waals surface area contributed by atoms with Gasteiger partial charge < -0.3 is 9.88 Å². The fourth-order valence-corrected chi connectivity index (χ4v) is 13.5. The second-order valence-corrected chi connectivity index (χ2v) is 21.5. The highest BCUT2D eigenvalue weighted by atomic mass is 32.1. The first-order valence-corrected chi connectivity index (χ1v) is 23.3. The SMILES string of the molecule is Cc1cc2c(cc1Nc1ccc3c(c1-c1c4c(cc5c1sc1ccccc15)-n1c5ccc6ccccc6c5c5cccc(c51)B4)C(C)(C)c1ccccc1-3)C(C)(C)CCC2(C)C. The molecule has 2 nitrogen and oxygen atoms in total. The van der Waals surface area contributed by atoms with Crippen LogP contribution in [0.1, 0.15) is 82.2 Å². The molecule has 0 saturated heterocycles. The fourth-order valence-electron chi connectivity index (χ4n) is 12.3. The van der Waals surface area contributed by atoms with Gasteiger partial charge in [-0.05, 0) is 122 Å². The molecule has 0 amide bonds. The summed E-state index contributed by atoms with van der Waals surface area (Å²) in [7, 11) is 0.859. The van der Waals surface area contributed by atoms with Gasteiger partial charge >= 0.3 is 0 Å². The molecule has 0 spiro atoms. The number of aromatic nitrogens is 1. The van der Waals surface area contributed by atoms with Gasteiger partial charge in [0.2, 0.25) is 0 Å². The maximum atomic E-state index is 4.24. The Balaban J connectivity index is 1.17. The van der Waals surface area contributed by atoms with Crippen LogP contribution in [0.15, 0.2) is 133 Å². The molecule has 2 aliphatic carbocycles. The van der Waals surface area contributed by atoms with Gasteiger partial charge in [-0.2, -0.15) is 0 Å². The van der Waals surface area contributed by atoms with Crippen LogP contribution in [0.5, 0.6) is 0 Å². The third kappa shape index (κ3) is 4.77. The Bertz CT molecular complexity index is 3630. The van der Waals surface area contributed by atoms with E-state index in [4.69, 9.17) is 0 Å². The fraction of sp³-hybridized carbons (Fsp3) is 0.207. The van der Waals surface area contributed by atoms with Crippen LogP contribution in [-0.4, -0.2) is 11.8 Å². The Morgan fingerprint density at radius 2 is 1.32 bits per heavy atom.